The molecule has 1 heterocycles. The first kappa shape index (κ1) is 14.0. The number of carbonyl (C=O) groups excluding carboxylic acids is 1. The summed E-state index contributed by atoms with van der Waals surface area (Å²) in [5.74, 6) is -0.296. The number of hydrogen-bond acceptors (Lipinski definition) is 4. The molecular formula is C14H14ClNO2S. The molecule has 19 heavy (non-hydrogen) atoms. The normalized spacial score (nSPS) is 10.5. The molecule has 3 nitrogen and oxygen atoms in total. The van der Waals surface area contributed by atoms with E-state index in [4.69, 9.17) is 16.3 Å². The summed E-state index contributed by atoms with van der Waals surface area (Å²) in [5.41, 5.74) is 1.80. The number of ether oxygens (including phenoxy) is 1. The molecule has 0 amide bonds. The van der Waals surface area contributed by atoms with Crippen molar-refractivity contribution in [2.75, 3.05) is 6.61 Å². The van der Waals surface area contributed by atoms with Gasteiger partial charge in [0.15, 0.2) is 0 Å². The Bertz CT molecular complexity index is 595. The van der Waals surface area contributed by atoms with Crippen LogP contribution >= 0.6 is 22.9 Å². The molecule has 0 saturated carbocycles. The topological polar surface area (TPSA) is 39.2 Å². The van der Waals surface area contributed by atoms with Gasteiger partial charge < -0.3 is 4.74 Å². The number of esters is 1. The summed E-state index contributed by atoms with van der Waals surface area (Å²) in [6.45, 7) is 3.99. The smallest absolute Gasteiger partial charge is 0.350 e. The second kappa shape index (κ2) is 6.17. The van der Waals surface area contributed by atoms with Crippen LogP contribution in [0.3, 0.4) is 0 Å². The lowest BCUT2D eigenvalue weighted by molar-refractivity contribution is 0.0531. The lowest BCUT2D eigenvalue weighted by Gasteiger charge is -1.98. The molecule has 0 aliphatic carbocycles. The van der Waals surface area contributed by atoms with E-state index in [1.54, 1.807) is 6.92 Å². The van der Waals surface area contributed by atoms with E-state index in [1.165, 1.54) is 11.3 Å². The molecule has 0 bridgehead atoms. The summed E-state index contributed by atoms with van der Waals surface area (Å²) in [6, 6.07) is 7.64. The van der Waals surface area contributed by atoms with Crippen LogP contribution in [0.4, 0.5) is 0 Å². The summed E-state index contributed by atoms with van der Waals surface area (Å²) in [7, 11) is 0. The number of benzene rings is 1. The van der Waals surface area contributed by atoms with E-state index in [9.17, 15) is 4.79 Å². The first-order valence-electron chi connectivity index (χ1n) is 5.98. The number of aromatic nitrogens is 1. The predicted octanol–water partition coefficient (Wildman–Crippen LogP) is 3.87. The molecule has 0 N–H and O–H groups in total. The highest BCUT2D eigenvalue weighted by Gasteiger charge is 2.16. The number of rotatable bonds is 4. The Morgan fingerprint density at radius 1 is 1.47 bits per heavy atom. The van der Waals surface area contributed by atoms with Crippen LogP contribution < -0.4 is 0 Å². The Labute approximate surface area is 121 Å². The van der Waals surface area contributed by atoms with Crippen molar-refractivity contribution in [2.24, 2.45) is 0 Å². The second-order valence-corrected chi connectivity index (χ2v) is 5.57. The minimum absolute atomic E-state index is 0.296. The summed E-state index contributed by atoms with van der Waals surface area (Å²) in [4.78, 5) is 16.7. The molecule has 0 aliphatic heterocycles. The molecule has 0 fully saturated rings. The van der Waals surface area contributed by atoms with Gasteiger partial charge in [-0.1, -0.05) is 23.7 Å². The van der Waals surface area contributed by atoms with E-state index in [2.05, 4.69) is 4.98 Å². The Hall–Kier alpha value is -1.39. The van der Waals surface area contributed by atoms with Crippen LogP contribution in [-0.4, -0.2) is 17.6 Å². The molecular weight excluding hydrogens is 282 g/mol. The summed E-state index contributed by atoms with van der Waals surface area (Å²) in [5, 5.41) is 1.60. The molecule has 100 valence electrons. The van der Waals surface area contributed by atoms with Gasteiger partial charge in [0.2, 0.25) is 0 Å². The van der Waals surface area contributed by atoms with Crippen LogP contribution in [-0.2, 0) is 11.2 Å². The number of hydrogen-bond donors (Lipinski definition) is 0. The average molecular weight is 296 g/mol. The van der Waals surface area contributed by atoms with E-state index in [0.29, 0.717) is 22.9 Å². The standard InChI is InChI=1S/C14H14ClNO2S/c1-3-18-14(17)13-9(2)16-12(19-13)8-10-5-4-6-11(15)7-10/h4-7H,3,8H2,1-2H3. The summed E-state index contributed by atoms with van der Waals surface area (Å²) < 4.78 is 5.00. The van der Waals surface area contributed by atoms with E-state index in [0.717, 1.165) is 16.3 Å². The summed E-state index contributed by atoms with van der Waals surface area (Å²) in [6.07, 6.45) is 0.672. The Balaban J connectivity index is 2.18. The van der Waals surface area contributed by atoms with Gasteiger partial charge in [0.25, 0.3) is 0 Å². The van der Waals surface area contributed by atoms with E-state index < -0.39 is 0 Å². The number of aryl methyl sites for hydroxylation is 1. The lowest BCUT2D eigenvalue weighted by Crippen LogP contribution is -2.03. The lowest BCUT2D eigenvalue weighted by atomic mass is 10.2. The van der Waals surface area contributed by atoms with Crippen LogP contribution in [0.5, 0.6) is 0 Å². The zero-order chi connectivity index (χ0) is 13.8. The molecule has 0 spiro atoms. The molecule has 0 unspecified atom stereocenters. The van der Waals surface area contributed by atoms with E-state index in [1.807, 2.05) is 31.2 Å². The Morgan fingerprint density at radius 2 is 2.26 bits per heavy atom. The van der Waals surface area contributed by atoms with Crippen molar-refractivity contribution < 1.29 is 9.53 Å². The van der Waals surface area contributed by atoms with Gasteiger partial charge in [0.05, 0.1) is 17.3 Å². The van der Waals surface area contributed by atoms with Gasteiger partial charge in [-0.3, -0.25) is 0 Å². The third-order valence-electron chi connectivity index (χ3n) is 2.55. The minimum atomic E-state index is -0.296. The highest BCUT2D eigenvalue weighted by Crippen LogP contribution is 2.22. The number of thiazole rings is 1. The third-order valence-corrected chi connectivity index (χ3v) is 3.92. The SMILES string of the molecule is CCOC(=O)c1sc(Cc2cccc(Cl)c2)nc1C. The molecule has 0 atom stereocenters. The van der Waals surface area contributed by atoms with Crippen LogP contribution in [0.2, 0.25) is 5.02 Å². The van der Waals surface area contributed by atoms with Crippen molar-refractivity contribution in [3.05, 3.63) is 50.4 Å². The number of carbonyl (C=O) groups is 1. The maximum Gasteiger partial charge on any atom is 0.350 e. The van der Waals surface area contributed by atoms with Gasteiger partial charge in [-0.05, 0) is 31.5 Å². The first-order valence-corrected chi connectivity index (χ1v) is 7.17. The number of halogens is 1. The molecule has 0 aliphatic rings. The molecule has 2 rings (SSSR count). The Morgan fingerprint density at radius 3 is 2.95 bits per heavy atom. The minimum Gasteiger partial charge on any atom is -0.462 e. The van der Waals surface area contributed by atoms with Crippen molar-refractivity contribution in [2.45, 2.75) is 20.3 Å². The third kappa shape index (κ3) is 3.55. The quantitative estimate of drug-likeness (QED) is 0.804. The monoisotopic (exact) mass is 295 g/mol. The van der Waals surface area contributed by atoms with Crippen LogP contribution in [0.1, 0.15) is 32.9 Å². The molecule has 2 aromatic rings. The number of nitrogens with zero attached hydrogens (tertiary/aromatic N) is 1. The van der Waals surface area contributed by atoms with Gasteiger partial charge in [-0.2, -0.15) is 0 Å². The Kier molecular flexibility index (Phi) is 4.56. The zero-order valence-corrected chi connectivity index (χ0v) is 12.3. The highest BCUT2D eigenvalue weighted by molar-refractivity contribution is 7.13. The van der Waals surface area contributed by atoms with Crippen LogP contribution in [0.25, 0.3) is 0 Å². The molecule has 1 aromatic heterocycles. The predicted molar refractivity (Wildman–Crippen MR) is 77.1 cm³/mol. The van der Waals surface area contributed by atoms with Crippen molar-refractivity contribution in [1.82, 2.24) is 4.98 Å². The summed E-state index contributed by atoms with van der Waals surface area (Å²) >= 11 is 7.33. The van der Waals surface area contributed by atoms with E-state index >= 15 is 0 Å². The van der Waals surface area contributed by atoms with Crippen molar-refractivity contribution in [3.63, 3.8) is 0 Å². The van der Waals surface area contributed by atoms with Gasteiger partial charge in [-0.25, -0.2) is 9.78 Å². The molecule has 0 radical (unpaired) electrons. The van der Waals surface area contributed by atoms with E-state index in [-0.39, 0.29) is 5.97 Å². The molecule has 5 heteroatoms. The molecule has 0 saturated heterocycles. The average Bonchev–Trinajstić information content (AvgIpc) is 2.70. The fourth-order valence-corrected chi connectivity index (χ4v) is 2.94. The van der Waals surface area contributed by atoms with Gasteiger partial charge in [0, 0.05) is 11.4 Å². The van der Waals surface area contributed by atoms with Crippen molar-refractivity contribution in [1.29, 1.82) is 0 Å². The van der Waals surface area contributed by atoms with Crippen molar-refractivity contribution >= 4 is 28.9 Å². The zero-order valence-electron chi connectivity index (χ0n) is 10.8. The maximum absolute atomic E-state index is 11.7. The maximum atomic E-state index is 11.7. The fourth-order valence-electron chi connectivity index (χ4n) is 1.74. The highest BCUT2D eigenvalue weighted by atomic mass is 35.5. The molecule has 1 aromatic carbocycles. The second-order valence-electron chi connectivity index (χ2n) is 4.05. The van der Waals surface area contributed by atoms with Gasteiger partial charge in [0.1, 0.15) is 4.88 Å². The fraction of sp³-hybridized carbons (Fsp3) is 0.286. The van der Waals surface area contributed by atoms with Crippen LogP contribution in [0.15, 0.2) is 24.3 Å². The van der Waals surface area contributed by atoms with Crippen molar-refractivity contribution in [3.8, 4) is 0 Å². The first-order chi connectivity index (χ1) is 9.10. The van der Waals surface area contributed by atoms with Crippen LogP contribution in [0, 0.1) is 6.92 Å². The van der Waals surface area contributed by atoms with Gasteiger partial charge in [-0.15, -0.1) is 11.3 Å². The van der Waals surface area contributed by atoms with Gasteiger partial charge >= 0.3 is 5.97 Å². The largest absolute Gasteiger partial charge is 0.462 e.